The third-order valence-electron chi connectivity index (χ3n) is 4.21. The Morgan fingerprint density at radius 3 is 2.21 bits per heavy atom. The van der Waals surface area contributed by atoms with Gasteiger partial charge in [0.1, 0.15) is 0 Å². The summed E-state index contributed by atoms with van der Waals surface area (Å²) in [6.07, 6.45) is 1.22. The highest BCUT2D eigenvalue weighted by Gasteiger charge is 2.17. The van der Waals surface area contributed by atoms with Crippen molar-refractivity contribution in [1.82, 2.24) is 5.43 Å². The summed E-state index contributed by atoms with van der Waals surface area (Å²) < 4.78 is 0. The Bertz CT molecular complexity index is 1230. The lowest BCUT2D eigenvalue weighted by Gasteiger charge is -2.11. The van der Waals surface area contributed by atoms with Crippen LogP contribution >= 0.6 is 11.6 Å². The number of hydrogen-bond acceptors (Lipinski definition) is 6. The van der Waals surface area contributed by atoms with Crippen LogP contribution in [-0.4, -0.2) is 28.9 Å². The fraction of sp³-hybridized carbons (Fsp3) is 0. The van der Waals surface area contributed by atoms with E-state index in [1.165, 1.54) is 42.6 Å². The first kappa shape index (κ1) is 23.1. The molecule has 3 aromatic rings. The molecule has 0 aliphatic heterocycles. The van der Waals surface area contributed by atoms with Gasteiger partial charge in [-0.3, -0.25) is 24.5 Å². The lowest BCUT2D eigenvalue weighted by atomic mass is 10.1. The van der Waals surface area contributed by atoms with Crippen LogP contribution in [0.1, 0.15) is 15.9 Å². The molecule has 0 aliphatic carbocycles. The van der Waals surface area contributed by atoms with Crippen LogP contribution < -0.4 is 16.1 Å². The van der Waals surface area contributed by atoms with Gasteiger partial charge in [0.25, 0.3) is 11.6 Å². The number of nitrogens with one attached hydrogen (secondary N) is 3. The number of carbonyl (C=O) groups excluding carboxylic acids is 3. The number of halogens is 1. The minimum absolute atomic E-state index is 0.0886. The molecule has 10 nitrogen and oxygen atoms in total. The molecular weight excluding hydrogens is 450 g/mol. The first-order valence-electron chi connectivity index (χ1n) is 9.38. The Balaban J connectivity index is 1.61. The summed E-state index contributed by atoms with van der Waals surface area (Å²) in [5.41, 5.74) is 3.22. The monoisotopic (exact) mass is 465 g/mol. The molecule has 0 saturated carbocycles. The molecule has 0 atom stereocenters. The van der Waals surface area contributed by atoms with E-state index in [-0.39, 0.29) is 16.9 Å². The SMILES string of the molecule is O=C(N/N=C/c1ccc([N+](=O)[O-])cc1)C(=O)Nc1ccccc1C(=O)Nc1ccc(Cl)cc1. The number of nitro groups is 1. The summed E-state index contributed by atoms with van der Waals surface area (Å²) in [6.45, 7) is 0. The zero-order chi connectivity index (χ0) is 23.8. The summed E-state index contributed by atoms with van der Waals surface area (Å²) in [5, 5.41) is 19.9. The number of nitrogens with zero attached hydrogens (tertiary/aromatic N) is 2. The Labute approximate surface area is 192 Å². The van der Waals surface area contributed by atoms with Crippen molar-refractivity contribution in [3.8, 4) is 0 Å². The van der Waals surface area contributed by atoms with Gasteiger partial charge in [0.2, 0.25) is 0 Å². The maximum absolute atomic E-state index is 12.6. The van der Waals surface area contributed by atoms with E-state index in [2.05, 4.69) is 21.2 Å². The molecule has 0 radical (unpaired) electrons. The lowest BCUT2D eigenvalue weighted by molar-refractivity contribution is -0.384. The van der Waals surface area contributed by atoms with Crippen molar-refractivity contribution in [3.63, 3.8) is 0 Å². The van der Waals surface area contributed by atoms with Crippen LogP contribution in [0.25, 0.3) is 0 Å². The molecule has 0 unspecified atom stereocenters. The second-order valence-electron chi connectivity index (χ2n) is 6.51. The number of hydrogen-bond donors (Lipinski definition) is 3. The first-order chi connectivity index (χ1) is 15.8. The first-order valence-corrected chi connectivity index (χ1v) is 9.76. The molecule has 0 bridgehead atoms. The van der Waals surface area contributed by atoms with Gasteiger partial charge in [0.05, 0.1) is 22.4 Å². The fourth-order valence-corrected chi connectivity index (χ4v) is 2.73. The Hall–Kier alpha value is -4.57. The highest BCUT2D eigenvalue weighted by Crippen LogP contribution is 2.19. The zero-order valence-electron chi connectivity index (χ0n) is 16.8. The molecule has 3 N–H and O–H groups in total. The molecular formula is C22H16ClN5O5. The van der Waals surface area contributed by atoms with Crippen LogP contribution in [0.2, 0.25) is 5.02 Å². The van der Waals surface area contributed by atoms with E-state index < -0.39 is 22.6 Å². The number of hydrazone groups is 1. The summed E-state index contributed by atoms with van der Waals surface area (Å²) in [6, 6.07) is 18.1. The lowest BCUT2D eigenvalue weighted by Crippen LogP contribution is -2.33. The molecule has 0 fully saturated rings. The van der Waals surface area contributed by atoms with Gasteiger partial charge in [0.15, 0.2) is 0 Å². The third-order valence-corrected chi connectivity index (χ3v) is 4.46. The Kier molecular flexibility index (Phi) is 7.45. The predicted molar refractivity (Wildman–Crippen MR) is 123 cm³/mol. The molecule has 0 aliphatic rings. The van der Waals surface area contributed by atoms with Gasteiger partial charge in [-0.1, -0.05) is 23.7 Å². The second-order valence-corrected chi connectivity index (χ2v) is 6.94. The van der Waals surface area contributed by atoms with E-state index in [9.17, 15) is 24.5 Å². The molecule has 11 heteroatoms. The molecule has 3 amide bonds. The van der Waals surface area contributed by atoms with Gasteiger partial charge in [0, 0.05) is 22.8 Å². The maximum Gasteiger partial charge on any atom is 0.329 e. The van der Waals surface area contributed by atoms with E-state index in [0.29, 0.717) is 16.3 Å². The molecule has 0 heterocycles. The molecule has 0 saturated heterocycles. The number of non-ortho nitro benzene ring substituents is 1. The van der Waals surface area contributed by atoms with E-state index in [0.717, 1.165) is 0 Å². The van der Waals surface area contributed by atoms with Crippen molar-refractivity contribution in [2.75, 3.05) is 10.6 Å². The molecule has 0 spiro atoms. The van der Waals surface area contributed by atoms with Crippen molar-refractivity contribution in [1.29, 1.82) is 0 Å². The van der Waals surface area contributed by atoms with Crippen molar-refractivity contribution in [2.24, 2.45) is 5.10 Å². The average Bonchev–Trinajstić information content (AvgIpc) is 2.81. The fourth-order valence-electron chi connectivity index (χ4n) is 2.60. The number of rotatable bonds is 6. The van der Waals surface area contributed by atoms with Crippen molar-refractivity contribution < 1.29 is 19.3 Å². The smallest absolute Gasteiger partial charge is 0.322 e. The van der Waals surface area contributed by atoms with E-state index in [4.69, 9.17) is 11.6 Å². The summed E-state index contributed by atoms with van der Waals surface area (Å²) in [7, 11) is 0. The van der Waals surface area contributed by atoms with E-state index in [1.54, 1.807) is 36.4 Å². The van der Waals surface area contributed by atoms with Gasteiger partial charge in [-0.2, -0.15) is 5.10 Å². The normalized spacial score (nSPS) is 10.5. The van der Waals surface area contributed by atoms with Crippen molar-refractivity contribution in [2.45, 2.75) is 0 Å². The van der Waals surface area contributed by atoms with Crippen LogP contribution in [-0.2, 0) is 9.59 Å². The van der Waals surface area contributed by atoms with Crippen LogP contribution in [0.15, 0.2) is 77.9 Å². The maximum atomic E-state index is 12.6. The van der Waals surface area contributed by atoms with Crippen LogP contribution in [0.5, 0.6) is 0 Å². The number of para-hydroxylation sites is 1. The minimum Gasteiger partial charge on any atom is -0.322 e. The largest absolute Gasteiger partial charge is 0.329 e. The van der Waals surface area contributed by atoms with Crippen LogP contribution in [0.3, 0.4) is 0 Å². The summed E-state index contributed by atoms with van der Waals surface area (Å²) in [5.74, 6) is -2.60. The molecule has 3 rings (SSSR count). The quantitative estimate of drug-likeness (QED) is 0.220. The Morgan fingerprint density at radius 2 is 1.55 bits per heavy atom. The third kappa shape index (κ3) is 6.45. The molecule has 0 aromatic heterocycles. The Morgan fingerprint density at radius 1 is 0.879 bits per heavy atom. The standard InChI is InChI=1S/C22H16ClN5O5/c23-15-7-9-16(10-8-15)25-20(29)18-3-1-2-4-19(18)26-21(30)22(31)27-24-13-14-5-11-17(12-6-14)28(32)33/h1-13H,(H,25,29)(H,26,30)(H,27,31)/b24-13+. The van der Waals surface area contributed by atoms with Crippen molar-refractivity contribution in [3.05, 3.63) is 99.1 Å². The molecule has 33 heavy (non-hydrogen) atoms. The van der Waals surface area contributed by atoms with E-state index >= 15 is 0 Å². The second kappa shape index (κ2) is 10.6. The van der Waals surface area contributed by atoms with Gasteiger partial charge in [-0.15, -0.1) is 0 Å². The molecule has 166 valence electrons. The highest BCUT2D eigenvalue weighted by molar-refractivity contribution is 6.40. The van der Waals surface area contributed by atoms with E-state index in [1.807, 2.05) is 0 Å². The number of benzene rings is 3. The van der Waals surface area contributed by atoms with Gasteiger partial charge < -0.3 is 10.6 Å². The predicted octanol–water partition coefficient (Wildman–Crippen LogP) is 3.59. The van der Waals surface area contributed by atoms with Gasteiger partial charge >= 0.3 is 11.8 Å². The van der Waals surface area contributed by atoms with Gasteiger partial charge in [-0.25, -0.2) is 5.43 Å². The number of nitro benzene ring substituents is 1. The average molecular weight is 466 g/mol. The van der Waals surface area contributed by atoms with Crippen molar-refractivity contribution >= 4 is 52.6 Å². The number of carbonyl (C=O) groups is 3. The number of amides is 3. The van der Waals surface area contributed by atoms with Crippen LogP contribution in [0.4, 0.5) is 17.1 Å². The van der Waals surface area contributed by atoms with Crippen LogP contribution in [0, 0.1) is 10.1 Å². The minimum atomic E-state index is -1.07. The summed E-state index contributed by atoms with van der Waals surface area (Å²) in [4.78, 5) is 47.0. The topological polar surface area (TPSA) is 143 Å². The zero-order valence-corrected chi connectivity index (χ0v) is 17.6. The number of anilines is 2. The summed E-state index contributed by atoms with van der Waals surface area (Å²) >= 11 is 5.83. The van der Waals surface area contributed by atoms with Gasteiger partial charge in [-0.05, 0) is 54.1 Å². The molecule has 3 aromatic carbocycles. The highest BCUT2D eigenvalue weighted by atomic mass is 35.5.